The van der Waals surface area contributed by atoms with Crippen LogP contribution in [0.25, 0.3) is 17.1 Å². The smallest absolute Gasteiger partial charge is 0.234 e. The predicted octanol–water partition coefficient (Wildman–Crippen LogP) is 2.89. The Kier molecular flexibility index (Phi) is 7.31. The molecule has 8 nitrogen and oxygen atoms in total. The van der Waals surface area contributed by atoms with Gasteiger partial charge in [0.2, 0.25) is 10.7 Å². The highest BCUT2D eigenvalue weighted by Crippen LogP contribution is 2.23. The van der Waals surface area contributed by atoms with Crippen LogP contribution in [0.5, 0.6) is 5.75 Å². The van der Waals surface area contributed by atoms with Crippen LogP contribution in [0, 0.1) is 4.77 Å². The third kappa shape index (κ3) is 5.11. The zero-order chi connectivity index (χ0) is 21.5. The van der Waals surface area contributed by atoms with E-state index in [1.54, 1.807) is 24.2 Å². The van der Waals surface area contributed by atoms with E-state index in [2.05, 4.69) is 10.3 Å². The lowest BCUT2D eigenvalue weighted by atomic mass is 10.2. The van der Waals surface area contributed by atoms with Crippen molar-refractivity contribution in [1.29, 1.82) is 0 Å². The van der Waals surface area contributed by atoms with Crippen molar-refractivity contribution in [3.05, 3.63) is 53.6 Å². The van der Waals surface area contributed by atoms with Gasteiger partial charge in [-0.3, -0.25) is 19.2 Å². The zero-order valence-electron chi connectivity index (χ0n) is 17.4. The van der Waals surface area contributed by atoms with Gasteiger partial charge >= 0.3 is 0 Å². The second-order valence-corrected chi connectivity index (χ2v) is 7.25. The van der Waals surface area contributed by atoms with Gasteiger partial charge in [-0.15, -0.1) is 5.10 Å². The Morgan fingerprint density at radius 2 is 1.90 bits per heavy atom. The second-order valence-electron chi connectivity index (χ2n) is 6.88. The van der Waals surface area contributed by atoms with Gasteiger partial charge in [0.15, 0.2) is 5.82 Å². The number of aromatic nitrogens is 4. The zero-order valence-corrected chi connectivity index (χ0v) is 18.2. The van der Waals surface area contributed by atoms with Crippen LogP contribution in [-0.4, -0.2) is 57.4 Å². The average molecular weight is 427 g/mol. The molecule has 158 valence electrons. The van der Waals surface area contributed by atoms with Gasteiger partial charge in [0.1, 0.15) is 5.75 Å². The van der Waals surface area contributed by atoms with Crippen molar-refractivity contribution in [2.45, 2.75) is 20.0 Å². The number of nitrogens with one attached hydrogen (secondary N) is 1. The summed E-state index contributed by atoms with van der Waals surface area (Å²) >= 11 is 5.75. The number of benzene rings is 1. The molecule has 30 heavy (non-hydrogen) atoms. The van der Waals surface area contributed by atoms with Crippen molar-refractivity contribution < 1.29 is 9.53 Å². The highest BCUT2D eigenvalue weighted by atomic mass is 32.1. The van der Waals surface area contributed by atoms with E-state index in [0.717, 1.165) is 23.4 Å². The van der Waals surface area contributed by atoms with Crippen LogP contribution in [0.3, 0.4) is 0 Å². The standard InChI is InChI=1S/C21H26N6O2S/c1-4-11-23-19(28)14-25(2)15-26-21(30)27(17-5-7-18(29-3)8-6-17)20(24-26)16-9-12-22-13-10-16/h5-10,12-13H,4,11,14-15H2,1-3H3,(H,23,28). The molecule has 0 aliphatic carbocycles. The molecule has 0 atom stereocenters. The molecule has 0 saturated heterocycles. The maximum Gasteiger partial charge on any atom is 0.234 e. The van der Waals surface area contributed by atoms with Crippen molar-refractivity contribution in [3.8, 4) is 22.8 Å². The number of amides is 1. The molecule has 1 amide bonds. The minimum absolute atomic E-state index is 0.0187. The first-order chi connectivity index (χ1) is 14.5. The van der Waals surface area contributed by atoms with E-state index in [1.165, 1.54) is 0 Å². The van der Waals surface area contributed by atoms with E-state index in [0.29, 0.717) is 23.8 Å². The number of ether oxygens (including phenoxy) is 1. The van der Waals surface area contributed by atoms with Crippen LogP contribution < -0.4 is 10.1 Å². The van der Waals surface area contributed by atoms with Crippen molar-refractivity contribution >= 4 is 18.1 Å². The summed E-state index contributed by atoms with van der Waals surface area (Å²) in [5, 5.41) is 7.63. The number of carbonyl (C=O) groups excluding carboxylic acids is 1. The average Bonchev–Trinajstić information content (AvgIpc) is 3.08. The molecule has 2 aromatic heterocycles. The molecule has 0 unspecified atom stereocenters. The van der Waals surface area contributed by atoms with E-state index in [4.69, 9.17) is 22.1 Å². The first-order valence-corrected chi connectivity index (χ1v) is 10.1. The van der Waals surface area contributed by atoms with Crippen LogP contribution in [0.4, 0.5) is 0 Å². The summed E-state index contributed by atoms with van der Waals surface area (Å²) < 4.78 is 9.44. The maximum atomic E-state index is 12.0. The van der Waals surface area contributed by atoms with Gasteiger partial charge in [0, 0.05) is 24.5 Å². The van der Waals surface area contributed by atoms with Crippen molar-refractivity contribution in [2.24, 2.45) is 0 Å². The minimum atomic E-state index is -0.0187. The van der Waals surface area contributed by atoms with E-state index in [9.17, 15) is 4.79 Å². The van der Waals surface area contributed by atoms with E-state index < -0.39 is 0 Å². The molecule has 0 aliphatic rings. The Morgan fingerprint density at radius 3 is 2.53 bits per heavy atom. The first-order valence-electron chi connectivity index (χ1n) is 9.73. The number of pyridine rings is 1. The normalized spacial score (nSPS) is 10.9. The van der Waals surface area contributed by atoms with E-state index in [-0.39, 0.29) is 12.5 Å². The fraction of sp³-hybridized carbons (Fsp3) is 0.333. The van der Waals surface area contributed by atoms with Gasteiger partial charge in [-0.1, -0.05) is 6.92 Å². The minimum Gasteiger partial charge on any atom is -0.497 e. The first kappa shape index (κ1) is 21.7. The fourth-order valence-corrected chi connectivity index (χ4v) is 3.29. The van der Waals surface area contributed by atoms with Crippen molar-refractivity contribution in [1.82, 2.24) is 29.5 Å². The van der Waals surface area contributed by atoms with Crippen LogP contribution in [0.1, 0.15) is 13.3 Å². The molecular formula is C21H26N6O2S. The lowest BCUT2D eigenvalue weighted by Gasteiger charge is -2.15. The van der Waals surface area contributed by atoms with Crippen LogP contribution in [0.15, 0.2) is 48.8 Å². The van der Waals surface area contributed by atoms with Crippen LogP contribution >= 0.6 is 12.2 Å². The number of hydrogen-bond acceptors (Lipinski definition) is 6. The summed E-state index contributed by atoms with van der Waals surface area (Å²) in [5.74, 6) is 1.45. The third-order valence-corrected chi connectivity index (χ3v) is 4.86. The van der Waals surface area contributed by atoms with E-state index >= 15 is 0 Å². The molecule has 3 rings (SSSR count). The molecule has 0 bridgehead atoms. The molecule has 3 aromatic rings. The monoisotopic (exact) mass is 426 g/mol. The van der Waals surface area contributed by atoms with Crippen LogP contribution in [-0.2, 0) is 11.5 Å². The Labute approximate surface area is 181 Å². The number of methoxy groups -OCH3 is 1. The molecule has 2 heterocycles. The second kappa shape index (κ2) is 10.1. The molecule has 9 heteroatoms. The van der Waals surface area contributed by atoms with Crippen LogP contribution in [0.2, 0.25) is 0 Å². The number of likely N-dealkylation sites (N-methyl/N-ethyl adjacent to an activating group) is 1. The highest BCUT2D eigenvalue weighted by Gasteiger charge is 2.16. The number of nitrogens with zero attached hydrogens (tertiary/aromatic N) is 5. The quantitative estimate of drug-likeness (QED) is 0.530. The molecule has 0 fully saturated rings. The molecule has 0 saturated carbocycles. The van der Waals surface area contributed by atoms with Gasteiger partial charge in [0.05, 0.1) is 26.0 Å². The summed E-state index contributed by atoms with van der Waals surface area (Å²) in [6, 6.07) is 11.4. The van der Waals surface area contributed by atoms with Gasteiger partial charge in [0.25, 0.3) is 0 Å². The third-order valence-electron chi connectivity index (χ3n) is 4.47. The topological polar surface area (TPSA) is 77.2 Å². The Morgan fingerprint density at radius 1 is 1.20 bits per heavy atom. The van der Waals surface area contributed by atoms with E-state index in [1.807, 2.05) is 59.8 Å². The summed E-state index contributed by atoms with van der Waals surface area (Å²) in [7, 11) is 3.50. The summed E-state index contributed by atoms with van der Waals surface area (Å²) in [6.45, 7) is 3.35. The predicted molar refractivity (Wildman–Crippen MR) is 118 cm³/mol. The number of hydrogen-bond donors (Lipinski definition) is 1. The Hall–Kier alpha value is -3.04. The largest absolute Gasteiger partial charge is 0.497 e. The SMILES string of the molecule is CCCNC(=O)CN(C)Cn1nc(-c2ccncc2)n(-c2ccc(OC)cc2)c1=S. The molecular weight excluding hydrogens is 400 g/mol. The van der Waals surface area contributed by atoms with Crippen molar-refractivity contribution in [3.63, 3.8) is 0 Å². The molecule has 0 spiro atoms. The number of carbonyl (C=O) groups is 1. The van der Waals surface area contributed by atoms with Gasteiger partial charge in [-0.2, -0.15) is 0 Å². The number of rotatable bonds is 9. The van der Waals surface area contributed by atoms with Crippen molar-refractivity contribution in [2.75, 3.05) is 27.2 Å². The highest BCUT2D eigenvalue weighted by molar-refractivity contribution is 7.71. The molecule has 0 radical (unpaired) electrons. The van der Waals surface area contributed by atoms with Gasteiger partial charge < -0.3 is 10.1 Å². The molecule has 1 N–H and O–H groups in total. The Bertz CT molecular complexity index is 1030. The summed E-state index contributed by atoms with van der Waals surface area (Å²) in [6.07, 6.45) is 4.35. The summed E-state index contributed by atoms with van der Waals surface area (Å²) in [4.78, 5) is 18.0. The lowest BCUT2D eigenvalue weighted by Crippen LogP contribution is -2.36. The Balaban J connectivity index is 1.94. The lowest BCUT2D eigenvalue weighted by molar-refractivity contribution is -0.122. The van der Waals surface area contributed by atoms with Gasteiger partial charge in [-0.25, -0.2) is 4.68 Å². The molecule has 1 aromatic carbocycles. The maximum absolute atomic E-state index is 12.0. The molecule has 0 aliphatic heterocycles. The van der Waals surface area contributed by atoms with Gasteiger partial charge in [-0.05, 0) is 62.1 Å². The summed E-state index contributed by atoms with van der Waals surface area (Å²) in [5.41, 5.74) is 1.77. The fourth-order valence-electron chi connectivity index (χ4n) is 3.00.